The Hall–Kier alpha value is -3.37. The molecule has 0 aliphatic carbocycles. The van der Waals surface area contributed by atoms with Crippen molar-refractivity contribution >= 4 is 33.9 Å². The van der Waals surface area contributed by atoms with Crippen LogP contribution >= 0.6 is 11.6 Å². The van der Waals surface area contributed by atoms with Crippen molar-refractivity contribution < 1.29 is 4.92 Å². The van der Waals surface area contributed by atoms with Crippen molar-refractivity contribution in [1.82, 2.24) is 4.57 Å². The maximum atomic E-state index is 12.6. The van der Waals surface area contributed by atoms with E-state index < -0.39 is 10.5 Å². The average Bonchev–Trinajstić information content (AvgIpc) is 2.55. The van der Waals surface area contributed by atoms with E-state index in [-0.39, 0.29) is 16.9 Å². The van der Waals surface area contributed by atoms with Crippen LogP contribution in [0.1, 0.15) is 5.56 Å². The molecule has 0 atom stereocenters. The number of nitrogens with zero attached hydrogens (tertiary/aromatic N) is 3. The molecule has 0 saturated heterocycles. The maximum Gasteiger partial charge on any atom is 0.275 e. The van der Waals surface area contributed by atoms with E-state index in [0.29, 0.717) is 21.6 Å². The third kappa shape index (κ3) is 2.35. The van der Waals surface area contributed by atoms with E-state index in [1.165, 1.54) is 28.8 Å². The minimum absolute atomic E-state index is 0.0762. The fourth-order valence-corrected chi connectivity index (χ4v) is 2.64. The molecule has 0 spiro atoms. The zero-order valence-corrected chi connectivity index (χ0v) is 12.8. The standard InChI is InChI=1S/C16H9ClN4O3/c17-9-1-6-12-14(7-9)20(16(22)13(8-18)15(12)19)10-2-4-11(5-3-10)21(23)24/h1-7H,19H2. The lowest BCUT2D eigenvalue weighted by Crippen LogP contribution is -2.23. The number of nitrogens with two attached hydrogens (primary N) is 1. The summed E-state index contributed by atoms with van der Waals surface area (Å²) in [6.45, 7) is 0. The van der Waals surface area contributed by atoms with Gasteiger partial charge in [-0.3, -0.25) is 19.5 Å². The summed E-state index contributed by atoms with van der Waals surface area (Å²) in [5.74, 6) is 0. The number of anilines is 1. The normalized spacial score (nSPS) is 10.5. The van der Waals surface area contributed by atoms with Gasteiger partial charge in [0.2, 0.25) is 0 Å². The first-order chi connectivity index (χ1) is 11.4. The summed E-state index contributed by atoms with van der Waals surface area (Å²) < 4.78 is 1.26. The Kier molecular flexibility index (Phi) is 3.67. The molecule has 0 unspecified atom stereocenters. The van der Waals surface area contributed by atoms with Crippen molar-refractivity contribution in [3.63, 3.8) is 0 Å². The number of halogens is 1. The van der Waals surface area contributed by atoms with Crippen LogP contribution in [0.5, 0.6) is 0 Å². The number of aromatic nitrogens is 1. The number of nitro groups is 1. The van der Waals surface area contributed by atoms with E-state index in [1.807, 2.05) is 6.07 Å². The van der Waals surface area contributed by atoms with Crippen molar-refractivity contribution in [2.45, 2.75) is 0 Å². The fraction of sp³-hybridized carbons (Fsp3) is 0. The van der Waals surface area contributed by atoms with E-state index in [9.17, 15) is 20.2 Å². The number of fused-ring (bicyclic) bond motifs is 1. The van der Waals surface area contributed by atoms with Crippen LogP contribution in [0.15, 0.2) is 47.3 Å². The lowest BCUT2D eigenvalue weighted by Gasteiger charge is -2.13. The van der Waals surface area contributed by atoms with Gasteiger partial charge in [-0.15, -0.1) is 0 Å². The summed E-state index contributed by atoms with van der Waals surface area (Å²) in [6.07, 6.45) is 0. The van der Waals surface area contributed by atoms with Gasteiger partial charge in [0.15, 0.2) is 0 Å². The van der Waals surface area contributed by atoms with Gasteiger partial charge in [0.05, 0.1) is 16.1 Å². The Morgan fingerprint density at radius 2 is 1.88 bits per heavy atom. The monoisotopic (exact) mass is 340 g/mol. The summed E-state index contributed by atoms with van der Waals surface area (Å²) in [7, 11) is 0. The maximum absolute atomic E-state index is 12.6. The van der Waals surface area contributed by atoms with Crippen LogP contribution in [-0.2, 0) is 0 Å². The van der Waals surface area contributed by atoms with Gasteiger partial charge in [-0.25, -0.2) is 0 Å². The summed E-state index contributed by atoms with van der Waals surface area (Å²) in [5.41, 5.74) is 5.87. The molecule has 0 bridgehead atoms. The number of hydrogen-bond donors (Lipinski definition) is 1. The second-order valence-electron chi connectivity index (χ2n) is 4.98. The molecular weight excluding hydrogens is 332 g/mol. The highest BCUT2D eigenvalue weighted by molar-refractivity contribution is 6.31. The minimum atomic E-state index is -0.612. The van der Waals surface area contributed by atoms with Crippen molar-refractivity contribution in [3.05, 3.63) is 73.5 Å². The Morgan fingerprint density at radius 3 is 2.46 bits per heavy atom. The topological polar surface area (TPSA) is 115 Å². The number of nitro benzene ring substituents is 1. The highest BCUT2D eigenvalue weighted by Gasteiger charge is 2.16. The van der Waals surface area contributed by atoms with E-state index in [0.717, 1.165) is 0 Å². The van der Waals surface area contributed by atoms with Gasteiger partial charge in [-0.05, 0) is 30.3 Å². The second-order valence-corrected chi connectivity index (χ2v) is 5.41. The van der Waals surface area contributed by atoms with Gasteiger partial charge in [-0.1, -0.05) is 11.6 Å². The molecule has 0 aliphatic heterocycles. The van der Waals surface area contributed by atoms with Crippen LogP contribution in [0, 0.1) is 21.4 Å². The summed E-state index contributed by atoms with van der Waals surface area (Å²) in [4.78, 5) is 22.9. The number of benzene rings is 2. The molecule has 0 radical (unpaired) electrons. The van der Waals surface area contributed by atoms with Gasteiger partial charge in [0.1, 0.15) is 11.6 Å². The van der Waals surface area contributed by atoms with Gasteiger partial charge >= 0.3 is 0 Å². The highest BCUT2D eigenvalue weighted by Crippen LogP contribution is 2.27. The van der Waals surface area contributed by atoms with Gasteiger partial charge in [0, 0.05) is 28.2 Å². The molecule has 2 N–H and O–H groups in total. The molecular formula is C16H9ClN4O3. The van der Waals surface area contributed by atoms with Crippen LogP contribution in [-0.4, -0.2) is 9.49 Å². The molecule has 7 nitrogen and oxygen atoms in total. The first kappa shape index (κ1) is 15.5. The predicted molar refractivity (Wildman–Crippen MR) is 90.3 cm³/mol. The zero-order chi connectivity index (χ0) is 17.4. The molecule has 0 aliphatic rings. The smallest absolute Gasteiger partial charge is 0.275 e. The number of pyridine rings is 1. The SMILES string of the molecule is N#Cc1c(N)c2ccc(Cl)cc2n(-c2ccc([N+](=O)[O-])cc2)c1=O. The quantitative estimate of drug-likeness (QED) is 0.568. The Bertz CT molecular complexity index is 1080. The minimum Gasteiger partial charge on any atom is -0.397 e. The lowest BCUT2D eigenvalue weighted by atomic mass is 10.1. The van der Waals surface area contributed by atoms with Crippen molar-refractivity contribution in [2.24, 2.45) is 0 Å². The van der Waals surface area contributed by atoms with Crippen LogP contribution in [0.3, 0.4) is 0 Å². The highest BCUT2D eigenvalue weighted by atomic mass is 35.5. The zero-order valence-electron chi connectivity index (χ0n) is 12.1. The number of nitriles is 1. The molecule has 0 fully saturated rings. The van der Waals surface area contributed by atoms with Crippen molar-refractivity contribution in [2.75, 3.05) is 5.73 Å². The Balaban J connectivity index is 2.42. The number of hydrogen-bond acceptors (Lipinski definition) is 5. The number of nitrogen functional groups attached to an aromatic ring is 1. The summed E-state index contributed by atoms with van der Waals surface area (Å²) in [6, 6.07) is 12.0. The van der Waals surface area contributed by atoms with Crippen molar-refractivity contribution in [3.8, 4) is 11.8 Å². The third-order valence-electron chi connectivity index (χ3n) is 3.61. The van der Waals surface area contributed by atoms with Crippen molar-refractivity contribution in [1.29, 1.82) is 5.26 Å². The summed E-state index contributed by atoms with van der Waals surface area (Å²) in [5, 5.41) is 20.9. The average molecular weight is 341 g/mol. The lowest BCUT2D eigenvalue weighted by molar-refractivity contribution is -0.384. The molecule has 0 saturated carbocycles. The first-order valence-corrected chi connectivity index (χ1v) is 7.10. The van der Waals surface area contributed by atoms with Gasteiger partial charge in [0.25, 0.3) is 11.2 Å². The van der Waals surface area contributed by atoms with Gasteiger partial charge < -0.3 is 5.73 Å². The van der Waals surface area contributed by atoms with Crippen LogP contribution in [0.2, 0.25) is 5.02 Å². The molecule has 1 heterocycles. The molecule has 1 aromatic heterocycles. The molecule has 2 aromatic carbocycles. The number of rotatable bonds is 2. The molecule has 24 heavy (non-hydrogen) atoms. The Labute approximate surface area is 140 Å². The molecule has 3 rings (SSSR count). The fourth-order valence-electron chi connectivity index (χ4n) is 2.48. The molecule has 118 valence electrons. The van der Waals surface area contributed by atoms with Crippen LogP contribution < -0.4 is 11.3 Å². The molecule has 0 amide bonds. The van der Waals surface area contributed by atoms with E-state index in [1.54, 1.807) is 18.2 Å². The van der Waals surface area contributed by atoms with Gasteiger partial charge in [-0.2, -0.15) is 5.26 Å². The van der Waals surface area contributed by atoms with E-state index in [4.69, 9.17) is 17.3 Å². The number of non-ortho nitro benzene ring substituents is 1. The largest absolute Gasteiger partial charge is 0.397 e. The molecule has 8 heteroatoms. The first-order valence-electron chi connectivity index (χ1n) is 6.72. The predicted octanol–water partition coefficient (Wildman–Crippen LogP) is 3.01. The second kappa shape index (κ2) is 5.68. The Morgan fingerprint density at radius 1 is 1.21 bits per heavy atom. The van der Waals surface area contributed by atoms with Crippen LogP contribution in [0.25, 0.3) is 16.6 Å². The van der Waals surface area contributed by atoms with Crippen LogP contribution in [0.4, 0.5) is 11.4 Å². The van der Waals surface area contributed by atoms with E-state index in [2.05, 4.69) is 0 Å². The van der Waals surface area contributed by atoms with E-state index >= 15 is 0 Å². The summed E-state index contributed by atoms with van der Waals surface area (Å²) >= 11 is 6.01. The third-order valence-corrected chi connectivity index (χ3v) is 3.84. The molecule has 3 aromatic rings.